The number of rotatable bonds is 2. The maximum absolute atomic E-state index is 5.43. The molecule has 4 nitrogen and oxygen atoms in total. The first-order valence-corrected chi connectivity index (χ1v) is 6.71. The van der Waals surface area contributed by atoms with Gasteiger partial charge in [0, 0.05) is 35.6 Å². The first-order valence-electron chi connectivity index (χ1n) is 6.71. The summed E-state index contributed by atoms with van der Waals surface area (Å²) in [5.41, 5.74) is 3.35. The highest BCUT2D eigenvalue weighted by Crippen LogP contribution is 2.34. The zero-order valence-electron chi connectivity index (χ0n) is 11.5. The number of hydrogen-bond donors (Lipinski definition) is 0. The van der Waals surface area contributed by atoms with Gasteiger partial charge in [-0.05, 0) is 47.5 Å². The Hall–Kier alpha value is -2.88. The lowest BCUT2D eigenvalue weighted by Gasteiger charge is -2.10. The van der Waals surface area contributed by atoms with Crippen molar-refractivity contribution in [3.05, 3.63) is 61.2 Å². The molecule has 0 N–H and O–H groups in total. The van der Waals surface area contributed by atoms with Gasteiger partial charge in [0.2, 0.25) is 0 Å². The van der Waals surface area contributed by atoms with E-state index in [-0.39, 0.29) is 0 Å². The fourth-order valence-corrected chi connectivity index (χ4v) is 2.68. The van der Waals surface area contributed by atoms with Crippen molar-refractivity contribution in [2.75, 3.05) is 7.11 Å². The Balaban J connectivity index is 2.01. The third-order valence-electron chi connectivity index (χ3n) is 3.71. The second kappa shape index (κ2) is 4.59. The van der Waals surface area contributed by atoms with Crippen LogP contribution in [0.4, 0.5) is 0 Å². The molecule has 0 saturated heterocycles. The highest BCUT2D eigenvalue weighted by molar-refractivity contribution is 5.99. The molecule has 3 aromatic heterocycles. The molecule has 4 aromatic rings. The molecule has 0 spiro atoms. The molecule has 4 rings (SSSR count). The van der Waals surface area contributed by atoms with Crippen molar-refractivity contribution < 1.29 is 4.74 Å². The molecule has 0 aliphatic rings. The van der Waals surface area contributed by atoms with Gasteiger partial charge in [-0.2, -0.15) is 5.10 Å². The quantitative estimate of drug-likeness (QED) is 0.561. The van der Waals surface area contributed by atoms with Gasteiger partial charge in [0.25, 0.3) is 0 Å². The third kappa shape index (κ3) is 1.84. The van der Waals surface area contributed by atoms with Gasteiger partial charge < -0.3 is 4.74 Å². The van der Waals surface area contributed by atoms with E-state index in [9.17, 15) is 0 Å². The molecule has 0 saturated carbocycles. The van der Waals surface area contributed by atoms with Crippen LogP contribution in [-0.2, 0) is 0 Å². The topological polar surface area (TPSA) is 39.4 Å². The number of fused-ring (bicyclic) bond motifs is 2. The molecule has 1 aromatic carbocycles. The minimum absolute atomic E-state index is 0.863. The predicted octanol–water partition coefficient (Wildman–Crippen LogP) is 3.56. The Bertz CT molecular complexity index is 943. The summed E-state index contributed by atoms with van der Waals surface area (Å²) in [4.78, 5) is 4.25. The second-order valence-corrected chi connectivity index (χ2v) is 4.85. The number of methoxy groups -OCH3 is 1. The van der Waals surface area contributed by atoms with Gasteiger partial charge in [-0.3, -0.25) is 4.98 Å². The van der Waals surface area contributed by atoms with Crippen LogP contribution in [0, 0.1) is 0 Å². The molecule has 0 amide bonds. The van der Waals surface area contributed by atoms with Gasteiger partial charge in [0.05, 0.1) is 12.6 Å². The van der Waals surface area contributed by atoms with Crippen molar-refractivity contribution in [1.29, 1.82) is 0 Å². The summed E-state index contributed by atoms with van der Waals surface area (Å²) in [6.07, 6.45) is 7.44. The molecule has 0 aliphatic heterocycles. The van der Waals surface area contributed by atoms with Crippen molar-refractivity contribution in [2.24, 2.45) is 0 Å². The minimum atomic E-state index is 0.863. The summed E-state index contributed by atoms with van der Waals surface area (Å²) in [5.74, 6) is 0.863. The molecule has 102 valence electrons. The summed E-state index contributed by atoms with van der Waals surface area (Å²) in [6, 6.07) is 12.2. The number of aromatic nitrogens is 3. The summed E-state index contributed by atoms with van der Waals surface area (Å²) >= 11 is 0. The molecule has 0 aliphatic carbocycles. The Morgan fingerprint density at radius 2 is 1.95 bits per heavy atom. The van der Waals surface area contributed by atoms with E-state index in [4.69, 9.17) is 4.74 Å². The van der Waals surface area contributed by atoms with Crippen molar-refractivity contribution >= 4 is 16.3 Å². The molecular formula is C17H13N3O. The molecule has 0 bridgehead atoms. The maximum atomic E-state index is 5.43. The van der Waals surface area contributed by atoms with Crippen molar-refractivity contribution in [3.63, 3.8) is 0 Å². The van der Waals surface area contributed by atoms with E-state index in [1.54, 1.807) is 19.5 Å². The SMILES string of the molecule is COc1ccc(-c2ccn3nccc3c2)c2cnccc12. The lowest BCUT2D eigenvalue weighted by molar-refractivity contribution is 0.420. The predicted molar refractivity (Wildman–Crippen MR) is 82.5 cm³/mol. The molecule has 0 radical (unpaired) electrons. The van der Waals surface area contributed by atoms with Gasteiger partial charge >= 0.3 is 0 Å². The molecule has 21 heavy (non-hydrogen) atoms. The Morgan fingerprint density at radius 3 is 2.86 bits per heavy atom. The second-order valence-electron chi connectivity index (χ2n) is 4.85. The largest absolute Gasteiger partial charge is 0.496 e. The molecular weight excluding hydrogens is 262 g/mol. The maximum Gasteiger partial charge on any atom is 0.126 e. The number of ether oxygens (including phenoxy) is 1. The van der Waals surface area contributed by atoms with E-state index in [0.29, 0.717) is 0 Å². The molecule has 4 heteroatoms. The van der Waals surface area contributed by atoms with E-state index in [2.05, 4.69) is 28.3 Å². The van der Waals surface area contributed by atoms with Crippen LogP contribution >= 0.6 is 0 Å². The summed E-state index contributed by atoms with van der Waals surface area (Å²) in [6.45, 7) is 0. The lowest BCUT2D eigenvalue weighted by atomic mass is 9.99. The van der Waals surface area contributed by atoms with Gasteiger partial charge in [-0.1, -0.05) is 0 Å². The van der Waals surface area contributed by atoms with Crippen LogP contribution < -0.4 is 4.74 Å². The average molecular weight is 275 g/mol. The number of hydrogen-bond acceptors (Lipinski definition) is 3. The average Bonchev–Trinajstić information content (AvgIpc) is 3.01. The fraction of sp³-hybridized carbons (Fsp3) is 0.0588. The van der Waals surface area contributed by atoms with Crippen LogP contribution in [0.1, 0.15) is 0 Å². The summed E-state index contributed by atoms with van der Waals surface area (Å²) in [7, 11) is 1.69. The van der Waals surface area contributed by atoms with E-state index in [1.807, 2.05) is 35.1 Å². The fourth-order valence-electron chi connectivity index (χ4n) is 2.68. The minimum Gasteiger partial charge on any atom is -0.496 e. The highest BCUT2D eigenvalue weighted by atomic mass is 16.5. The van der Waals surface area contributed by atoms with Crippen LogP contribution in [0.25, 0.3) is 27.4 Å². The normalized spacial score (nSPS) is 11.1. The van der Waals surface area contributed by atoms with E-state index < -0.39 is 0 Å². The Kier molecular flexibility index (Phi) is 2.60. The van der Waals surface area contributed by atoms with E-state index in [1.165, 1.54) is 0 Å². The number of nitrogens with zero attached hydrogens (tertiary/aromatic N) is 3. The summed E-state index contributed by atoms with van der Waals surface area (Å²) in [5, 5.41) is 6.38. The van der Waals surface area contributed by atoms with Gasteiger partial charge in [0.1, 0.15) is 5.75 Å². The van der Waals surface area contributed by atoms with Crippen LogP contribution in [-0.4, -0.2) is 21.7 Å². The highest BCUT2D eigenvalue weighted by Gasteiger charge is 2.09. The van der Waals surface area contributed by atoms with Crippen LogP contribution in [0.2, 0.25) is 0 Å². The first-order chi connectivity index (χ1) is 10.4. The smallest absolute Gasteiger partial charge is 0.126 e. The van der Waals surface area contributed by atoms with E-state index >= 15 is 0 Å². The zero-order valence-corrected chi connectivity index (χ0v) is 11.5. The van der Waals surface area contributed by atoms with Gasteiger partial charge in [-0.15, -0.1) is 0 Å². The van der Waals surface area contributed by atoms with Crippen LogP contribution in [0.3, 0.4) is 0 Å². The Morgan fingerprint density at radius 1 is 1.00 bits per heavy atom. The van der Waals surface area contributed by atoms with Crippen molar-refractivity contribution in [3.8, 4) is 16.9 Å². The third-order valence-corrected chi connectivity index (χ3v) is 3.71. The first kappa shape index (κ1) is 11.9. The standard InChI is InChI=1S/C17H13N3O/c1-21-17-3-2-14(16-11-18-7-5-15(16)17)12-6-9-20-13(10-12)4-8-19-20/h2-11H,1H3. The summed E-state index contributed by atoms with van der Waals surface area (Å²) < 4.78 is 7.29. The molecule has 3 heterocycles. The van der Waals surface area contributed by atoms with Crippen LogP contribution in [0.15, 0.2) is 61.2 Å². The van der Waals surface area contributed by atoms with E-state index in [0.717, 1.165) is 33.2 Å². The van der Waals surface area contributed by atoms with Gasteiger partial charge in [-0.25, -0.2) is 4.52 Å². The Labute approximate surface area is 121 Å². The van der Waals surface area contributed by atoms with Crippen LogP contribution in [0.5, 0.6) is 5.75 Å². The lowest BCUT2D eigenvalue weighted by Crippen LogP contribution is -1.90. The van der Waals surface area contributed by atoms with Crippen molar-refractivity contribution in [2.45, 2.75) is 0 Å². The number of benzene rings is 1. The van der Waals surface area contributed by atoms with Crippen molar-refractivity contribution in [1.82, 2.24) is 14.6 Å². The monoisotopic (exact) mass is 275 g/mol. The zero-order chi connectivity index (χ0) is 14.2. The number of pyridine rings is 2. The van der Waals surface area contributed by atoms with Gasteiger partial charge in [0.15, 0.2) is 0 Å². The molecule has 0 atom stereocenters. The molecule has 0 fully saturated rings. The molecule has 0 unspecified atom stereocenters.